The van der Waals surface area contributed by atoms with Crippen LogP contribution in [-0.2, 0) is 27.4 Å². The van der Waals surface area contributed by atoms with E-state index in [0.29, 0.717) is 38.7 Å². The molecule has 2 saturated heterocycles. The van der Waals surface area contributed by atoms with Gasteiger partial charge in [-0.15, -0.1) is 11.3 Å². The molecule has 0 bridgehead atoms. The van der Waals surface area contributed by atoms with Crippen molar-refractivity contribution in [3.63, 3.8) is 0 Å². The molecule has 0 saturated carbocycles. The van der Waals surface area contributed by atoms with E-state index in [9.17, 15) is 4.79 Å². The van der Waals surface area contributed by atoms with Crippen molar-refractivity contribution in [3.8, 4) is 10.6 Å². The highest BCUT2D eigenvalue weighted by Crippen LogP contribution is 2.26. The van der Waals surface area contributed by atoms with Crippen LogP contribution >= 0.6 is 11.3 Å². The smallest absolute Gasteiger partial charge is 0.236 e. The number of ether oxygens (including phenoxy) is 2. The Morgan fingerprint density at radius 1 is 1.03 bits per heavy atom. The zero-order chi connectivity index (χ0) is 23.9. The Labute approximate surface area is 210 Å². The molecule has 1 atom stereocenters. The number of nitrogens with zero attached hydrogens (tertiary/aromatic N) is 4. The van der Waals surface area contributed by atoms with Gasteiger partial charge in [0.15, 0.2) is 0 Å². The number of pyridine rings is 1. The lowest BCUT2D eigenvalue weighted by molar-refractivity contribution is -0.133. The number of carbonyl (C=O) groups is 1. The van der Waals surface area contributed by atoms with Crippen LogP contribution in [0.1, 0.15) is 23.4 Å². The number of rotatable bonds is 8. The first-order valence-electron chi connectivity index (χ1n) is 12.3. The fraction of sp³-hybridized carbons (Fsp3) is 0.444. The molecule has 5 rings (SSSR count). The molecule has 7 nitrogen and oxygen atoms in total. The molecular formula is C27H32N4O3S. The van der Waals surface area contributed by atoms with Crippen LogP contribution in [0.2, 0.25) is 0 Å². The van der Waals surface area contributed by atoms with E-state index in [4.69, 9.17) is 9.47 Å². The minimum atomic E-state index is -0.0789. The zero-order valence-electron chi connectivity index (χ0n) is 19.9. The number of benzene rings is 1. The van der Waals surface area contributed by atoms with Gasteiger partial charge in [-0.25, -0.2) is 4.98 Å². The van der Waals surface area contributed by atoms with Crippen LogP contribution in [0.15, 0.2) is 60.9 Å². The third-order valence-electron chi connectivity index (χ3n) is 6.56. The largest absolute Gasteiger partial charge is 0.381 e. The normalized spacial score (nSPS) is 20.2. The fourth-order valence-electron chi connectivity index (χ4n) is 4.69. The molecule has 2 aliphatic heterocycles. The molecule has 4 heterocycles. The van der Waals surface area contributed by atoms with Crippen LogP contribution in [0.5, 0.6) is 0 Å². The van der Waals surface area contributed by atoms with Gasteiger partial charge in [0.25, 0.3) is 0 Å². The summed E-state index contributed by atoms with van der Waals surface area (Å²) in [6, 6.07) is 16.1. The van der Waals surface area contributed by atoms with Crippen molar-refractivity contribution in [1.29, 1.82) is 0 Å². The van der Waals surface area contributed by atoms with E-state index >= 15 is 0 Å². The summed E-state index contributed by atoms with van der Waals surface area (Å²) < 4.78 is 11.8. The lowest BCUT2D eigenvalue weighted by Gasteiger charge is -2.30. The number of hydrogen-bond donors (Lipinski definition) is 0. The van der Waals surface area contributed by atoms with Crippen LogP contribution < -0.4 is 0 Å². The van der Waals surface area contributed by atoms with Crippen LogP contribution in [0, 0.1) is 5.92 Å². The monoisotopic (exact) mass is 492 g/mol. The summed E-state index contributed by atoms with van der Waals surface area (Å²) >= 11 is 1.69. The topological polar surface area (TPSA) is 67.8 Å². The Morgan fingerprint density at radius 2 is 1.86 bits per heavy atom. The first-order chi connectivity index (χ1) is 17.2. The minimum absolute atomic E-state index is 0.0789. The minimum Gasteiger partial charge on any atom is -0.381 e. The van der Waals surface area contributed by atoms with E-state index in [1.54, 1.807) is 17.5 Å². The number of thiazole rings is 1. The van der Waals surface area contributed by atoms with Gasteiger partial charge in [0.2, 0.25) is 5.91 Å². The number of hydrogen-bond acceptors (Lipinski definition) is 7. The SMILES string of the molecule is O=C1CN(Cc2cnc(-c3ccccc3)s2)CC(OCc2ccccn2)CN1CC1CCOCC1. The van der Waals surface area contributed by atoms with Gasteiger partial charge in [-0.2, -0.15) is 0 Å². The van der Waals surface area contributed by atoms with Gasteiger partial charge in [0.05, 0.1) is 24.9 Å². The van der Waals surface area contributed by atoms with Gasteiger partial charge in [-0.05, 0) is 30.9 Å². The average molecular weight is 493 g/mol. The molecule has 1 amide bonds. The molecule has 0 spiro atoms. The lowest BCUT2D eigenvalue weighted by atomic mass is 9.99. The summed E-state index contributed by atoms with van der Waals surface area (Å²) in [6.45, 7) is 5.17. The van der Waals surface area contributed by atoms with Gasteiger partial charge >= 0.3 is 0 Å². The molecule has 2 fully saturated rings. The maximum atomic E-state index is 13.3. The first kappa shape index (κ1) is 24.1. The molecule has 184 valence electrons. The van der Waals surface area contributed by atoms with E-state index in [2.05, 4.69) is 27.0 Å². The van der Waals surface area contributed by atoms with Crippen molar-refractivity contribution in [2.45, 2.75) is 32.1 Å². The van der Waals surface area contributed by atoms with Crippen LogP contribution in [0.4, 0.5) is 0 Å². The lowest BCUT2D eigenvalue weighted by Crippen LogP contribution is -2.42. The third-order valence-corrected chi connectivity index (χ3v) is 7.59. The van der Waals surface area contributed by atoms with Crippen molar-refractivity contribution < 1.29 is 14.3 Å². The quantitative estimate of drug-likeness (QED) is 0.476. The maximum Gasteiger partial charge on any atom is 0.236 e. The van der Waals surface area contributed by atoms with Gasteiger partial charge in [0.1, 0.15) is 5.01 Å². The predicted molar refractivity (Wildman–Crippen MR) is 136 cm³/mol. The highest BCUT2D eigenvalue weighted by molar-refractivity contribution is 7.15. The number of carbonyl (C=O) groups excluding carboxylic acids is 1. The molecule has 3 aromatic rings. The number of aromatic nitrogens is 2. The zero-order valence-corrected chi connectivity index (χ0v) is 20.7. The standard InChI is InChI=1S/C27H32N4O3S/c32-26-19-30(18-25-14-29-27(35-25)22-6-2-1-3-7-22)16-24(34-20-23-8-4-5-11-28-23)17-31(26)15-21-9-12-33-13-10-21/h1-8,11,14,21,24H,9-10,12-13,15-20H2. The van der Waals surface area contributed by atoms with Gasteiger partial charge < -0.3 is 14.4 Å². The summed E-state index contributed by atoms with van der Waals surface area (Å²) in [5, 5.41) is 1.01. The molecule has 0 N–H and O–H groups in total. The van der Waals surface area contributed by atoms with Crippen molar-refractivity contribution in [2.24, 2.45) is 5.92 Å². The fourth-order valence-corrected chi connectivity index (χ4v) is 5.65. The molecule has 35 heavy (non-hydrogen) atoms. The summed E-state index contributed by atoms with van der Waals surface area (Å²) in [6.07, 6.45) is 5.66. The van der Waals surface area contributed by atoms with Gasteiger partial charge in [-0.3, -0.25) is 14.7 Å². The molecule has 2 aromatic heterocycles. The van der Waals surface area contributed by atoms with Gasteiger partial charge in [0, 0.05) is 62.2 Å². The second-order valence-electron chi connectivity index (χ2n) is 9.28. The van der Waals surface area contributed by atoms with E-state index < -0.39 is 0 Å². The first-order valence-corrected chi connectivity index (χ1v) is 13.1. The Morgan fingerprint density at radius 3 is 2.66 bits per heavy atom. The average Bonchev–Trinajstić information content (AvgIpc) is 3.31. The van der Waals surface area contributed by atoms with Crippen molar-refractivity contribution in [2.75, 3.05) is 39.4 Å². The van der Waals surface area contributed by atoms with E-state index in [1.165, 1.54) is 0 Å². The van der Waals surface area contributed by atoms with Crippen molar-refractivity contribution >= 4 is 17.2 Å². The molecular weight excluding hydrogens is 460 g/mol. The molecule has 1 aromatic carbocycles. The Kier molecular flexibility index (Phi) is 8.15. The van der Waals surface area contributed by atoms with Crippen LogP contribution in [0.25, 0.3) is 10.6 Å². The van der Waals surface area contributed by atoms with Crippen LogP contribution in [-0.4, -0.2) is 71.2 Å². The van der Waals surface area contributed by atoms with E-state index in [1.807, 2.05) is 47.5 Å². The molecule has 0 radical (unpaired) electrons. The predicted octanol–water partition coefficient (Wildman–Crippen LogP) is 3.86. The summed E-state index contributed by atoms with van der Waals surface area (Å²) in [5.74, 6) is 0.666. The maximum absolute atomic E-state index is 13.3. The second-order valence-corrected chi connectivity index (χ2v) is 10.4. The Bertz CT molecular complexity index is 1070. The molecule has 1 unspecified atom stereocenters. The van der Waals surface area contributed by atoms with E-state index in [0.717, 1.165) is 53.7 Å². The molecule has 0 aliphatic carbocycles. The van der Waals surface area contributed by atoms with Crippen molar-refractivity contribution in [1.82, 2.24) is 19.8 Å². The van der Waals surface area contributed by atoms with Crippen LogP contribution in [0.3, 0.4) is 0 Å². The van der Waals surface area contributed by atoms with E-state index in [-0.39, 0.29) is 12.0 Å². The highest BCUT2D eigenvalue weighted by Gasteiger charge is 2.30. The summed E-state index contributed by atoms with van der Waals surface area (Å²) in [7, 11) is 0. The van der Waals surface area contributed by atoms with Crippen molar-refractivity contribution in [3.05, 3.63) is 71.5 Å². The second kappa shape index (κ2) is 11.9. The molecule has 2 aliphatic rings. The summed E-state index contributed by atoms with van der Waals surface area (Å²) in [5.41, 5.74) is 2.02. The number of amides is 1. The highest BCUT2D eigenvalue weighted by atomic mass is 32.1. The van der Waals surface area contributed by atoms with Gasteiger partial charge in [-0.1, -0.05) is 36.4 Å². The summed E-state index contributed by atoms with van der Waals surface area (Å²) in [4.78, 5) is 27.7. The Hall–Kier alpha value is -2.65. The third kappa shape index (κ3) is 6.73. The Balaban J connectivity index is 1.28. The molecule has 8 heteroatoms.